The van der Waals surface area contributed by atoms with Gasteiger partial charge in [-0.2, -0.15) is 18.3 Å². The predicted molar refractivity (Wildman–Crippen MR) is 109 cm³/mol. The average Bonchev–Trinajstić information content (AvgIpc) is 3.30. The van der Waals surface area contributed by atoms with E-state index >= 15 is 0 Å². The summed E-state index contributed by atoms with van der Waals surface area (Å²) in [4.78, 5) is 8.97. The van der Waals surface area contributed by atoms with Crippen LogP contribution in [0.1, 0.15) is 35.1 Å². The molecule has 0 spiro atoms. The van der Waals surface area contributed by atoms with E-state index < -0.39 is 17.5 Å². The lowest BCUT2D eigenvalue weighted by atomic mass is 10.00. The Bertz CT molecular complexity index is 1280. The summed E-state index contributed by atoms with van der Waals surface area (Å²) in [6.45, 7) is 4.34. The van der Waals surface area contributed by atoms with Crippen LogP contribution in [0.25, 0.3) is 22.3 Å². The van der Waals surface area contributed by atoms with Crippen LogP contribution in [0.4, 0.5) is 13.2 Å². The Morgan fingerprint density at radius 2 is 1.97 bits per heavy atom. The normalized spacial score (nSPS) is 16.6. The fraction of sp³-hybridized carbons (Fsp3) is 0.318. The number of phenolic OH excluding ortho intramolecular Hbond substituents is 1. The zero-order chi connectivity index (χ0) is 21.9. The standard InChI is InChI=1S/C22H20F3N5O/c1-12-7-15(22(23,24)25)8-18(31)20(12)17-5-3-14-10-30(28-21(14)27-17)16-4-6-19-26-9-13(2)29(19)11-16/h3,5,7-10,16,31H,4,6,11H2,1-2H3/t16-/m1/s1. The first-order valence-corrected chi connectivity index (χ1v) is 9.99. The number of nitrogens with zero attached hydrogens (tertiary/aromatic N) is 5. The van der Waals surface area contributed by atoms with Crippen molar-refractivity contribution in [2.24, 2.45) is 0 Å². The molecule has 160 valence electrons. The van der Waals surface area contributed by atoms with Crippen LogP contribution in [-0.4, -0.2) is 29.4 Å². The highest BCUT2D eigenvalue weighted by atomic mass is 19.4. The number of benzene rings is 1. The third-order valence-electron chi connectivity index (χ3n) is 5.89. The minimum atomic E-state index is -4.52. The van der Waals surface area contributed by atoms with Crippen LogP contribution in [0.2, 0.25) is 0 Å². The van der Waals surface area contributed by atoms with E-state index in [1.807, 2.05) is 30.1 Å². The molecule has 9 heteroatoms. The van der Waals surface area contributed by atoms with Gasteiger partial charge in [0.15, 0.2) is 5.65 Å². The number of fused-ring (bicyclic) bond motifs is 2. The van der Waals surface area contributed by atoms with Gasteiger partial charge in [-0.1, -0.05) is 0 Å². The Balaban J connectivity index is 1.50. The molecule has 3 aromatic heterocycles. The Morgan fingerprint density at radius 3 is 2.71 bits per heavy atom. The number of aryl methyl sites for hydroxylation is 3. The van der Waals surface area contributed by atoms with E-state index in [9.17, 15) is 18.3 Å². The Labute approximate surface area is 176 Å². The molecule has 0 bridgehead atoms. The number of phenols is 1. The third kappa shape index (κ3) is 3.34. The number of alkyl halides is 3. The number of aromatic nitrogens is 5. The van der Waals surface area contributed by atoms with Gasteiger partial charge in [-0.25, -0.2) is 9.97 Å². The lowest BCUT2D eigenvalue weighted by Crippen LogP contribution is -2.24. The lowest BCUT2D eigenvalue weighted by molar-refractivity contribution is -0.137. The van der Waals surface area contributed by atoms with Crippen molar-refractivity contribution in [2.45, 2.75) is 45.5 Å². The van der Waals surface area contributed by atoms with Crippen molar-refractivity contribution >= 4 is 11.0 Å². The summed E-state index contributed by atoms with van der Waals surface area (Å²) < 4.78 is 43.2. The topological polar surface area (TPSA) is 68.8 Å². The maximum absolute atomic E-state index is 13.0. The average molecular weight is 427 g/mol. The molecule has 0 aliphatic carbocycles. The maximum Gasteiger partial charge on any atom is 0.416 e. The van der Waals surface area contributed by atoms with E-state index in [1.54, 1.807) is 6.07 Å². The van der Waals surface area contributed by atoms with E-state index in [4.69, 9.17) is 0 Å². The minimum absolute atomic E-state index is 0.166. The van der Waals surface area contributed by atoms with Gasteiger partial charge in [0.25, 0.3) is 0 Å². The summed E-state index contributed by atoms with van der Waals surface area (Å²) >= 11 is 0. The molecule has 31 heavy (non-hydrogen) atoms. The summed E-state index contributed by atoms with van der Waals surface area (Å²) in [6.07, 6.45) is 1.07. The number of hydrogen-bond acceptors (Lipinski definition) is 4. The first-order chi connectivity index (χ1) is 14.7. The molecule has 0 saturated carbocycles. The molecule has 0 amide bonds. The summed E-state index contributed by atoms with van der Waals surface area (Å²) in [5.74, 6) is 0.633. The zero-order valence-electron chi connectivity index (χ0n) is 17.0. The van der Waals surface area contributed by atoms with Gasteiger partial charge < -0.3 is 9.67 Å². The molecule has 0 saturated heterocycles. The largest absolute Gasteiger partial charge is 0.507 e. The molecule has 4 aromatic rings. The van der Waals surface area contributed by atoms with Crippen LogP contribution in [0, 0.1) is 13.8 Å². The Kier molecular flexibility index (Phi) is 4.32. The summed E-state index contributed by atoms with van der Waals surface area (Å²) in [7, 11) is 0. The minimum Gasteiger partial charge on any atom is -0.507 e. The lowest BCUT2D eigenvalue weighted by Gasteiger charge is -2.25. The fourth-order valence-electron chi connectivity index (χ4n) is 4.29. The number of hydrogen-bond donors (Lipinski definition) is 1. The SMILES string of the molecule is Cc1cc(C(F)(F)F)cc(O)c1-c1ccc2cn([C@@H]3CCc4ncc(C)n4C3)nc2n1. The highest BCUT2D eigenvalue weighted by molar-refractivity contribution is 5.80. The monoisotopic (exact) mass is 427 g/mol. The third-order valence-corrected chi connectivity index (χ3v) is 5.89. The van der Waals surface area contributed by atoms with Crippen molar-refractivity contribution in [3.05, 3.63) is 59.3 Å². The van der Waals surface area contributed by atoms with Crippen LogP contribution >= 0.6 is 0 Å². The number of imidazole rings is 1. The predicted octanol–water partition coefficient (Wildman–Crippen LogP) is 4.82. The van der Waals surface area contributed by atoms with Crippen LogP contribution in [0.15, 0.2) is 36.7 Å². The molecule has 4 heterocycles. The first kappa shape index (κ1) is 19.6. The fourth-order valence-corrected chi connectivity index (χ4v) is 4.29. The van der Waals surface area contributed by atoms with Gasteiger partial charge in [0.05, 0.1) is 17.3 Å². The molecule has 0 fully saturated rings. The molecule has 1 aliphatic rings. The molecule has 1 N–H and O–H groups in total. The molecule has 1 atom stereocenters. The van der Waals surface area contributed by atoms with Crippen LogP contribution in [0.3, 0.4) is 0 Å². The summed E-state index contributed by atoms with van der Waals surface area (Å²) in [6, 6.07) is 5.45. The van der Waals surface area contributed by atoms with E-state index in [2.05, 4.69) is 19.6 Å². The van der Waals surface area contributed by atoms with Gasteiger partial charge >= 0.3 is 6.18 Å². The molecular formula is C22H20F3N5O. The smallest absolute Gasteiger partial charge is 0.416 e. The molecule has 6 nitrogen and oxygen atoms in total. The van der Waals surface area contributed by atoms with Gasteiger partial charge in [0.1, 0.15) is 11.6 Å². The number of pyridine rings is 1. The molecule has 0 unspecified atom stereocenters. The van der Waals surface area contributed by atoms with E-state index in [-0.39, 0.29) is 11.6 Å². The molecule has 0 radical (unpaired) electrons. The van der Waals surface area contributed by atoms with Crippen molar-refractivity contribution in [1.82, 2.24) is 24.3 Å². The van der Waals surface area contributed by atoms with E-state index in [0.29, 0.717) is 16.9 Å². The van der Waals surface area contributed by atoms with E-state index in [1.165, 1.54) is 6.92 Å². The van der Waals surface area contributed by atoms with Gasteiger partial charge in [-0.05, 0) is 50.1 Å². The molecule has 1 aliphatic heterocycles. The molecule has 1 aromatic carbocycles. The molecular weight excluding hydrogens is 407 g/mol. The van der Waals surface area contributed by atoms with Crippen LogP contribution < -0.4 is 0 Å². The second-order valence-electron chi connectivity index (χ2n) is 8.02. The quantitative estimate of drug-likeness (QED) is 0.498. The van der Waals surface area contributed by atoms with Crippen LogP contribution in [0.5, 0.6) is 5.75 Å². The first-order valence-electron chi connectivity index (χ1n) is 9.99. The Hall–Kier alpha value is -3.36. The van der Waals surface area contributed by atoms with E-state index in [0.717, 1.165) is 48.4 Å². The van der Waals surface area contributed by atoms with Crippen molar-refractivity contribution < 1.29 is 18.3 Å². The molecule has 5 rings (SSSR count). The number of rotatable bonds is 2. The maximum atomic E-state index is 13.0. The van der Waals surface area contributed by atoms with Gasteiger partial charge in [0, 0.05) is 42.0 Å². The van der Waals surface area contributed by atoms with Crippen LogP contribution in [-0.2, 0) is 19.1 Å². The van der Waals surface area contributed by atoms with Crippen molar-refractivity contribution in [3.8, 4) is 17.0 Å². The highest BCUT2D eigenvalue weighted by Gasteiger charge is 2.32. The number of halogens is 3. The van der Waals surface area contributed by atoms with Gasteiger partial charge in [0.2, 0.25) is 0 Å². The summed E-state index contributed by atoms with van der Waals surface area (Å²) in [5.41, 5.74) is 1.69. The second-order valence-corrected chi connectivity index (χ2v) is 8.02. The van der Waals surface area contributed by atoms with Gasteiger partial charge in [-0.3, -0.25) is 4.68 Å². The van der Waals surface area contributed by atoms with Crippen molar-refractivity contribution in [2.75, 3.05) is 0 Å². The van der Waals surface area contributed by atoms with Gasteiger partial charge in [-0.15, -0.1) is 0 Å². The number of aromatic hydroxyl groups is 1. The van der Waals surface area contributed by atoms with Crippen molar-refractivity contribution in [1.29, 1.82) is 0 Å². The Morgan fingerprint density at radius 1 is 1.16 bits per heavy atom. The van der Waals surface area contributed by atoms with Crippen molar-refractivity contribution in [3.63, 3.8) is 0 Å². The highest BCUT2D eigenvalue weighted by Crippen LogP contribution is 2.39. The summed E-state index contributed by atoms with van der Waals surface area (Å²) in [5, 5.41) is 15.8. The zero-order valence-corrected chi connectivity index (χ0v) is 17.0. The second kappa shape index (κ2) is 6.83.